The second-order valence-corrected chi connectivity index (χ2v) is 3.95. The van der Waals surface area contributed by atoms with Gasteiger partial charge in [-0.05, 0) is 12.8 Å². The number of aromatic nitrogens is 2. The van der Waals surface area contributed by atoms with Crippen molar-refractivity contribution >= 4 is 11.6 Å². The Hall–Kier alpha value is -1.34. The van der Waals surface area contributed by atoms with Crippen molar-refractivity contribution in [2.75, 3.05) is 0 Å². The van der Waals surface area contributed by atoms with Crippen LogP contribution < -0.4 is 4.74 Å². The molecule has 1 fully saturated rings. The van der Waals surface area contributed by atoms with Crippen LogP contribution in [0.15, 0.2) is 12.4 Å². The second-order valence-electron chi connectivity index (χ2n) is 3.56. The molecule has 15 heavy (non-hydrogen) atoms. The molecule has 4 nitrogen and oxygen atoms in total. The summed E-state index contributed by atoms with van der Waals surface area (Å²) >= 11 is 5.68. The molecule has 0 amide bonds. The van der Waals surface area contributed by atoms with Gasteiger partial charge in [0.1, 0.15) is 6.10 Å². The molecule has 1 saturated carbocycles. The van der Waals surface area contributed by atoms with Crippen molar-refractivity contribution in [1.29, 1.82) is 5.26 Å². The Kier molecular flexibility index (Phi) is 3.02. The van der Waals surface area contributed by atoms with Gasteiger partial charge in [-0.2, -0.15) is 10.2 Å². The van der Waals surface area contributed by atoms with E-state index in [9.17, 15) is 0 Å². The first-order valence-electron chi connectivity index (χ1n) is 4.82. The minimum Gasteiger partial charge on any atom is -0.473 e. The molecule has 0 unspecified atom stereocenters. The highest BCUT2D eigenvalue weighted by molar-refractivity contribution is 6.29. The molecule has 1 aromatic rings. The third kappa shape index (κ3) is 2.57. The van der Waals surface area contributed by atoms with E-state index < -0.39 is 0 Å². The Morgan fingerprint density at radius 3 is 3.00 bits per heavy atom. The lowest BCUT2D eigenvalue weighted by atomic mass is 10.1. The fourth-order valence-corrected chi connectivity index (χ4v) is 1.86. The molecule has 0 bridgehead atoms. The zero-order chi connectivity index (χ0) is 10.7. The lowest BCUT2D eigenvalue weighted by Crippen LogP contribution is -2.13. The Morgan fingerprint density at radius 2 is 2.33 bits per heavy atom. The van der Waals surface area contributed by atoms with Gasteiger partial charge in [-0.25, -0.2) is 0 Å². The van der Waals surface area contributed by atoms with Gasteiger partial charge in [-0.1, -0.05) is 11.6 Å². The Labute approximate surface area is 92.9 Å². The van der Waals surface area contributed by atoms with Crippen molar-refractivity contribution in [2.45, 2.75) is 25.4 Å². The van der Waals surface area contributed by atoms with Crippen LogP contribution in [0.4, 0.5) is 0 Å². The average Bonchev–Trinajstić information content (AvgIpc) is 2.65. The molecule has 0 aromatic carbocycles. The van der Waals surface area contributed by atoms with E-state index in [0.717, 1.165) is 19.3 Å². The normalized spacial score (nSPS) is 24.8. The molecule has 1 aliphatic rings. The van der Waals surface area contributed by atoms with E-state index in [-0.39, 0.29) is 12.0 Å². The van der Waals surface area contributed by atoms with Gasteiger partial charge in [-0.3, -0.25) is 4.98 Å². The molecule has 2 atom stereocenters. The van der Waals surface area contributed by atoms with E-state index in [0.29, 0.717) is 11.0 Å². The molecule has 0 aliphatic heterocycles. The summed E-state index contributed by atoms with van der Waals surface area (Å²) in [4.78, 5) is 7.87. The lowest BCUT2D eigenvalue weighted by molar-refractivity contribution is 0.198. The largest absolute Gasteiger partial charge is 0.473 e. The molecule has 1 aliphatic carbocycles. The van der Waals surface area contributed by atoms with Crippen molar-refractivity contribution in [3.05, 3.63) is 17.5 Å². The Bertz CT molecular complexity index is 390. The molecule has 0 radical (unpaired) electrons. The van der Waals surface area contributed by atoms with E-state index in [4.69, 9.17) is 21.6 Å². The van der Waals surface area contributed by atoms with E-state index >= 15 is 0 Å². The van der Waals surface area contributed by atoms with Gasteiger partial charge in [0.25, 0.3) is 0 Å². The predicted molar refractivity (Wildman–Crippen MR) is 54.4 cm³/mol. The minimum atomic E-state index is 0.0717. The van der Waals surface area contributed by atoms with Crippen molar-refractivity contribution in [3.63, 3.8) is 0 Å². The summed E-state index contributed by atoms with van der Waals surface area (Å²) in [5, 5.41) is 9.06. The highest BCUT2D eigenvalue weighted by Crippen LogP contribution is 2.27. The van der Waals surface area contributed by atoms with Crippen LogP contribution in [0.1, 0.15) is 19.3 Å². The maximum atomic E-state index is 8.74. The quantitative estimate of drug-likeness (QED) is 0.771. The monoisotopic (exact) mass is 223 g/mol. The van der Waals surface area contributed by atoms with Crippen molar-refractivity contribution < 1.29 is 4.74 Å². The molecule has 1 aromatic heterocycles. The molecule has 0 N–H and O–H groups in total. The third-order valence-corrected chi connectivity index (χ3v) is 2.62. The molecule has 0 saturated heterocycles. The number of nitriles is 1. The van der Waals surface area contributed by atoms with Gasteiger partial charge in [0.15, 0.2) is 5.15 Å². The molecule has 78 valence electrons. The van der Waals surface area contributed by atoms with Crippen LogP contribution in [-0.4, -0.2) is 16.1 Å². The van der Waals surface area contributed by atoms with Gasteiger partial charge >= 0.3 is 0 Å². The van der Waals surface area contributed by atoms with Gasteiger partial charge in [0.05, 0.1) is 18.5 Å². The summed E-state index contributed by atoms with van der Waals surface area (Å²) in [5.41, 5.74) is 0. The maximum Gasteiger partial charge on any atom is 0.234 e. The second kappa shape index (κ2) is 4.45. The van der Waals surface area contributed by atoms with Crippen LogP contribution in [0.3, 0.4) is 0 Å². The van der Waals surface area contributed by atoms with Gasteiger partial charge in [0.2, 0.25) is 5.88 Å². The summed E-state index contributed by atoms with van der Waals surface area (Å²) in [6.45, 7) is 0. The van der Waals surface area contributed by atoms with E-state index in [2.05, 4.69) is 16.0 Å². The molecular weight excluding hydrogens is 214 g/mol. The number of halogens is 1. The molecule has 0 spiro atoms. The first kappa shape index (κ1) is 10.2. The van der Waals surface area contributed by atoms with Gasteiger partial charge in [-0.15, -0.1) is 0 Å². The van der Waals surface area contributed by atoms with Crippen molar-refractivity contribution in [1.82, 2.24) is 9.97 Å². The summed E-state index contributed by atoms with van der Waals surface area (Å²) in [6.07, 6.45) is 5.63. The van der Waals surface area contributed by atoms with Gasteiger partial charge in [0, 0.05) is 12.3 Å². The molecule has 1 heterocycles. The molecular formula is C10H10ClN3O. The smallest absolute Gasteiger partial charge is 0.234 e. The highest BCUT2D eigenvalue weighted by Gasteiger charge is 2.26. The van der Waals surface area contributed by atoms with E-state index in [1.54, 1.807) is 0 Å². The molecule has 5 heteroatoms. The first-order valence-corrected chi connectivity index (χ1v) is 5.19. The van der Waals surface area contributed by atoms with Crippen LogP contribution >= 0.6 is 11.6 Å². The van der Waals surface area contributed by atoms with Crippen LogP contribution in [0.25, 0.3) is 0 Å². The number of rotatable bonds is 2. The summed E-state index contributed by atoms with van der Waals surface area (Å²) in [5.74, 6) is 0.549. The van der Waals surface area contributed by atoms with Crippen LogP contribution in [0.5, 0.6) is 5.88 Å². The lowest BCUT2D eigenvalue weighted by Gasteiger charge is -2.11. The Balaban J connectivity index is 1.96. The summed E-state index contributed by atoms with van der Waals surface area (Å²) in [6, 6.07) is 2.25. The zero-order valence-electron chi connectivity index (χ0n) is 8.06. The zero-order valence-corrected chi connectivity index (χ0v) is 8.81. The number of hydrogen-bond donors (Lipinski definition) is 0. The van der Waals surface area contributed by atoms with Crippen LogP contribution in [-0.2, 0) is 0 Å². The van der Waals surface area contributed by atoms with Crippen LogP contribution in [0, 0.1) is 17.2 Å². The Morgan fingerprint density at radius 1 is 1.47 bits per heavy atom. The summed E-state index contributed by atoms with van der Waals surface area (Å²) < 4.78 is 5.58. The van der Waals surface area contributed by atoms with Crippen molar-refractivity contribution in [2.24, 2.45) is 5.92 Å². The maximum absolute atomic E-state index is 8.74. The fraction of sp³-hybridized carbons (Fsp3) is 0.500. The molecule has 2 rings (SSSR count). The minimum absolute atomic E-state index is 0.0717. The topological polar surface area (TPSA) is 58.8 Å². The van der Waals surface area contributed by atoms with E-state index in [1.165, 1.54) is 12.4 Å². The third-order valence-electron chi connectivity index (χ3n) is 2.44. The van der Waals surface area contributed by atoms with E-state index in [1.807, 2.05) is 0 Å². The number of nitrogens with zero attached hydrogens (tertiary/aromatic N) is 3. The predicted octanol–water partition coefficient (Wildman–Crippen LogP) is 2.20. The standard InChI is InChI=1S/C10H10ClN3O/c11-9-5-13-6-10(14-9)15-8-2-1-7(3-8)4-12/h5-8H,1-3H2/t7-,8-/m0/s1. The highest BCUT2D eigenvalue weighted by atomic mass is 35.5. The fourth-order valence-electron chi connectivity index (χ4n) is 1.72. The average molecular weight is 224 g/mol. The van der Waals surface area contributed by atoms with Crippen molar-refractivity contribution in [3.8, 4) is 11.9 Å². The van der Waals surface area contributed by atoms with Crippen LogP contribution in [0.2, 0.25) is 5.15 Å². The van der Waals surface area contributed by atoms with Gasteiger partial charge < -0.3 is 4.74 Å². The number of ether oxygens (including phenoxy) is 1. The first-order chi connectivity index (χ1) is 7.28. The SMILES string of the molecule is N#C[C@H]1CC[C@H](Oc2cncc(Cl)n2)C1. The number of hydrogen-bond acceptors (Lipinski definition) is 4. The summed E-state index contributed by atoms with van der Waals surface area (Å²) in [7, 11) is 0.